The summed E-state index contributed by atoms with van der Waals surface area (Å²) >= 11 is 0. The van der Waals surface area contributed by atoms with E-state index in [1.165, 1.54) is 6.08 Å². The minimum absolute atomic E-state index is 0.0564. The second-order valence-corrected chi connectivity index (χ2v) is 6.67. The number of hydrogen-bond donors (Lipinski definition) is 3. The Hall–Kier alpha value is -1.67. The predicted molar refractivity (Wildman–Crippen MR) is 67.8 cm³/mol. The number of carbonyl (C=O) groups excluding carboxylic acids is 1. The summed E-state index contributed by atoms with van der Waals surface area (Å²) in [5.41, 5.74) is 1.88. The molecule has 2 aliphatic heterocycles. The summed E-state index contributed by atoms with van der Waals surface area (Å²) in [4.78, 5) is 19.2. The molecule has 0 aromatic carbocycles. The second kappa shape index (κ2) is 4.46. The van der Waals surface area contributed by atoms with Crippen LogP contribution in [0.1, 0.15) is 11.4 Å². The summed E-state index contributed by atoms with van der Waals surface area (Å²) < 4.78 is 22.5. The lowest BCUT2D eigenvalue weighted by Gasteiger charge is -2.23. The molecule has 0 radical (unpaired) electrons. The van der Waals surface area contributed by atoms with Gasteiger partial charge in [0.15, 0.2) is 9.84 Å². The molecule has 0 fully saturated rings. The second-order valence-electron chi connectivity index (χ2n) is 4.74. The highest BCUT2D eigenvalue weighted by molar-refractivity contribution is 7.94. The van der Waals surface area contributed by atoms with Gasteiger partial charge in [-0.3, -0.25) is 10.1 Å². The standard InChI is InChI=1S/C11H14N4O3S/c16-11(15-7-1-2-19(17,18)5-7)9-3-8-10(4-12-9)14-6-13-8/h1-2,6-7,9,12H,3-5H2,(H,13,14)(H,15,16). The lowest BCUT2D eigenvalue weighted by molar-refractivity contribution is -0.123. The minimum Gasteiger partial charge on any atom is -0.347 e. The Morgan fingerprint density at radius 3 is 3.05 bits per heavy atom. The zero-order valence-electron chi connectivity index (χ0n) is 10.1. The Morgan fingerprint density at radius 2 is 2.32 bits per heavy atom. The van der Waals surface area contributed by atoms with Crippen LogP contribution in [0.5, 0.6) is 0 Å². The van der Waals surface area contributed by atoms with E-state index < -0.39 is 15.9 Å². The van der Waals surface area contributed by atoms with Crippen LogP contribution < -0.4 is 10.6 Å². The fourth-order valence-electron chi connectivity index (χ4n) is 2.30. The summed E-state index contributed by atoms with van der Waals surface area (Å²) in [5, 5.41) is 6.97. The highest BCUT2D eigenvalue weighted by Gasteiger charge is 2.29. The maximum absolute atomic E-state index is 12.1. The highest BCUT2D eigenvalue weighted by atomic mass is 32.2. The molecule has 2 aliphatic rings. The summed E-state index contributed by atoms with van der Waals surface area (Å²) in [6, 6.07) is -0.799. The smallest absolute Gasteiger partial charge is 0.238 e. The van der Waals surface area contributed by atoms with Gasteiger partial charge in [0.25, 0.3) is 0 Å². The van der Waals surface area contributed by atoms with E-state index in [0.717, 1.165) is 16.8 Å². The molecule has 3 rings (SSSR count). The van der Waals surface area contributed by atoms with E-state index in [4.69, 9.17) is 0 Å². The number of amides is 1. The third-order valence-corrected chi connectivity index (χ3v) is 4.70. The Balaban J connectivity index is 1.62. The van der Waals surface area contributed by atoms with Crippen molar-refractivity contribution in [3.63, 3.8) is 0 Å². The zero-order chi connectivity index (χ0) is 13.5. The monoisotopic (exact) mass is 282 g/mol. The summed E-state index contributed by atoms with van der Waals surface area (Å²) in [6.07, 6.45) is 3.63. The molecule has 102 valence electrons. The van der Waals surface area contributed by atoms with E-state index in [2.05, 4.69) is 20.6 Å². The van der Waals surface area contributed by atoms with Crippen molar-refractivity contribution in [1.82, 2.24) is 20.6 Å². The Kier molecular flexibility index (Phi) is 2.90. The third-order valence-electron chi connectivity index (χ3n) is 3.30. The number of sulfone groups is 1. The van der Waals surface area contributed by atoms with Crippen LogP contribution in [0.25, 0.3) is 0 Å². The summed E-state index contributed by atoms with van der Waals surface area (Å²) in [5.74, 6) is -0.251. The maximum Gasteiger partial charge on any atom is 0.238 e. The van der Waals surface area contributed by atoms with Crippen LogP contribution in [0, 0.1) is 0 Å². The first kappa shape index (κ1) is 12.4. The average molecular weight is 282 g/mol. The first-order valence-electron chi connectivity index (χ1n) is 5.99. The van der Waals surface area contributed by atoms with Gasteiger partial charge >= 0.3 is 0 Å². The molecule has 0 saturated carbocycles. The van der Waals surface area contributed by atoms with Crippen LogP contribution in [0.15, 0.2) is 17.8 Å². The van der Waals surface area contributed by atoms with E-state index in [1.54, 1.807) is 6.33 Å². The molecule has 3 heterocycles. The fourth-order valence-corrected chi connectivity index (χ4v) is 3.54. The van der Waals surface area contributed by atoms with Crippen molar-refractivity contribution in [2.75, 3.05) is 5.75 Å². The fraction of sp³-hybridized carbons (Fsp3) is 0.455. The summed E-state index contributed by atoms with van der Waals surface area (Å²) in [7, 11) is -3.14. The van der Waals surface area contributed by atoms with Crippen LogP contribution in [0.4, 0.5) is 0 Å². The van der Waals surface area contributed by atoms with Crippen molar-refractivity contribution in [3.8, 4) is 0 Å². The quantitative estimate of drug-likeness (QED) is 0.635. The molecule has 2 atom stereocenters. The molecular formula is C11H14N4O3S. The van der Waals surface area contributed by atoms with Crippen molar-refractivity contribution in [1.29, 1.82) is 0 Å². The number of hydrogen-bond acceptors (Lipinski definition) is 5. The molecular weight excluding hydrogens is 268 g/mol. The number of H-pyrrole nitrogens is 1. The Morgan fingerprint density at radius 1 is 1.47 bits per heavy atom. The highest BCUT2D eigenvalue weighted by Crippen LogP contribution is 2.13. The number of fused-ring (bicyclic) bond motifs is 1. The molecule has 1 amide bonds. The Labute approximate surface area is 110 Å². The number of carbonyl (C=O) groups is 1. The van der Waals surface area contributed by atoms with Crippen LogP contribution in [0.2, 0.25) is 0 Å². The molecule has 0 bridgehead atoms. The van der Waals surface area contributed by atoms with Gasteiger partial charge in [-0.1, -0.05) is 0 Å². The Bertz CT molecular complexity index is 634. The SMILES string of the molecule is O=C(NC1C=CS(=O)(=O)C1)C1Cc2nc[nH]c2CN1. The first-order chi connectivity index (χ1) is 9.03. The molecule has 19 heavy (non-hydrogen) atoms. The maximum atomic E-state index is 12.1. The van der Waals surface area contributed by atoms with Gasteiger partial charge in [-0.05, 0) is 6.08 Å². The third kappa shape index (κ3) is 2.54. The van der Waals surface area contributed by atoms with E-state index in [1.807, 2.05) is 0 Å². The van der Waals surface area contributed by atoms with E-state index in [9.17, 15) is 13.2 Å². The molecule has 3 N–H and O–H groups in total. The molecule has 2 unspecified atom stereocenters. The molecule has 0 spiro atoms. The first-order valence-corrected chi connectivity index (χ1v) is 7.71. The van der Waals surface area contributed by atoms with Gasteiger partial charge in [0.2, 0.25) is 5.91 Å². The molecule has 0 aliphatic carbocycles. The van der Waals surface area contributed by atoms with Gasteiger partial charge in [0, 0.05) is 18.4 Å². The molecule has 1 aromatic rings. The molecule has 1 aromatic heterocycles. The van der Waals surface area contributed by atoms with Gasteiger partial charge in [-0.2, -0.15) is 0 Å². The van der Waals surface area contributed by atoms with Gasteiger partial charge in [-0.25, -0.2) is 13.4 Å². The molecule has 8 heteroatoms. The van der Waals surface area contributed by atoms with Crippen molar-refractivity contribution in [2.45, 2.75) is 25.0 Å². The van der Waals surface area contributed by atoms with Gasteiger partial charge in [-0.15, -0.1) is 0 Å². The van der Waals surface area contributed by atoms with E-state index in [-0.39, 0.29) is 17.7 Å². The number of aromatic nitrogens is 2. The number of aromatic amines is 1. The lowest BCUT2D eigenvalue weighted by atomic mass is 10.0. The van der Waals surface area contributed by atoms with Gasteiger partial charge in [0.05, 0.1) is 35.6 Å². The molecule has 0 saturated heterocycles. The number of nitrogens with one attached hydrogen (secondary N) is 3. The topological polar surface area (TPSA) is 104 Å². The predicted octanol–water partition coefficient (Wildman–Crippen LogP) is -1.15. The van der Waals surface area contributed by atoms with E-state index >= 15 is 0 Å². The van der Waals surface area contributed by atoms with Crippen molar-refractivity contribution >= 4 is 15.7 Å². The van der Waals surface area contributed by atoms with Crippen LogP contribution >= 0.6 is 0 Å². The largest absolute Gasteiger partial charge is 0.347 e. The molecule has 7 nitrogen and oxygen atoms in total. The normalized spacial score (nSPS) is 28.0. The van der Waals surface area contributed by atoms with Crippen molar-refractivity contribution in [3.05, 3.63) is 29.2 Å². The van der Waals surface area contributed by atoms with Crippen LogP contribution in [-0.4, -0.2) is 42.1 Å². The van der Waals surface area contributed by atoms with Crippen molar-refractivity contribution < 1.29 is 13.2 Å². The number of imidazole rings is 1. The van der Waals surface area contributed by atoms with E-state index in [0.29, 0.717) is 13.0 Å². The summed E-state index contributed by atoms with van der Waals surface area (Å²) in [6.45, 7) is 0.562. The van der Waals surface area contributed by atoms with Gasteiger partial charge < -0.3 is 10.3 Å². The zero-order valence-corrected chi connectivity index (χ0v) is 10.9. The van der Waals surface area contributed by atoms with Crippen LogP contribution in [-0.2, 0) is 27.6 Å². The van der Waals surface area contributed by atoms with Crippen molar-refractivity contribution in [2.24, 2.45) is 0 Å². The minimum atomic E-state index is -3.14. The number of rotatable bonds is 2. The van der Waals surface area contributed by atoms with Gasteiger partial charge in [0.1, 0.15) is 0 Å². The van der Waals surface area contributed by atoms with Crippen LogP contribution in [0.3, 0.4) is 0 Å². The average Bonchev–Trinajstić information content (AvgIpc) is 2.94. The number of nitrogens with zero attached hydrogens (tertiary/aromatic N) is 1. The lowest BCUT2D eigenvalue weighted by Crippen LogP contribution is -2.50.